The molecule has 0 aliphatic heterocycles. The van der Waals surface area contributed by atoms with Crippen molar-refractivity contribution in [3.63, 3.8) is 0 Å². The monoisotopic (exact) mass is 363 g/mol. The van der Waals surface area contributed by atoms with Crippen LogP contribution in [0.5, 0.6) is 5.75 Å². The van der Waals surface area contributed by atoms with E-state index in [1.54, 1.807) is 13.0 Å². The summed E-state index contributed by atoms with van der Waals surface area (Å²) in [7, 11) is 0. The number of ether oxygens (including phenoxy) is 1. The van der Waals surface area contributed by atoms with E-state index in [2.05, 4.69) is 5.32 Å². The highest BCUT2D eigenvalue weighted by molar-refractivity contribution is 5.79. The summed E-state index contributed by atoms with van der Waals surface area (Å²) in [5.41, 5.74) is -0.225. The van der Waals surface area contributed by atoms with Crippen molar-refractivity contribution in [1.82, 2.24) is 5.32 Å². The summed E-state index contributed by atoms with van der Waals surface area (Å²) in [6.07, 6.45) is -4.55. The lowest BCUT2D eigenvalue weighted by Crippen LogP contribution is -2.31. The molecular weight excluding hydrogens is 347 g/mol. The summed E-state index contributed by atoms with van der Waals surface area (Å²) in [4.78, 5) is 12.0. The Labute approximate surface area is 147 Å². The molecule has 3 rings (SSSR count). The van der Waals surface area contributed by atoms with Gasteiger partial charge in [-0.3, -0.25) is 4.79 Å². The third kappa shape index (κ3) is 3.99. The number of fused-ring (bicyclic) bond motifs is 1. The maximum atomic E-state index is 12.9. The van der Waals surface area contributed by atoms with Crippen LogP contribution in [0.4, 0.5) is 13.2 Å². The molecule has 1 unspecified atom stereocenters. The number of alkyl halides is 3. The van der Waals surface area contributed by atoms with Crippen LogP contribution in [0.1, 0.15) is 24.3 Å². The van der Waals surface area contributed by atoms with Crippen LogP contribution in [0.25, 0.3) is 11.0 Å². The van der Waals surface area contributed by atoms with E-state index < -0.39 is 30.3 Å². The second-order valence-electron chi connectivity index (χ2n) is 5.76. The molecule has 1 aromatic heterocycles. The number of amides is 1. The number of carbonyl (C=O) groups is 1. The van der Waals surface area contributed by atoms with Crippen LogP contribution < -0.4 is 10.1 Å². The quantitative estimate of drug-likeness (QED) is 0.714. The van der Waals surface area contributed by atoms with Gasteiger partial charge in [0.05, 0.1) is 11.6 Å². The Bertz CT molecular complexity index is 885. The number of rotatable bonds is 5. The molecule has 1 N–H and O–H groups in total. The van der Waals surface area contributed by atoms with Gasteiger partial charge in [-0.1, -0.05) is 30.3 Å². The SMILES string of the molecule is CC(NC(=O)COc1ccccc1C(F)(F)F)c1cc2ccccc2o1. The lowest BCUT2D eigenvalue weighted by atomic mass is 10.2. The fourth-order valence-electron chi connectivity index (χ4n) is 2.54. The van der Waals surface area contributed by atoms with E-state index in [1.165, 1.54) is 18.2 Å². The Hall–Kier alpha value is -2.96. The van der Waals surface area contributed by atoms with Crippen LogP contribution in [-0.4, -0.2) is 12.5 Å². The Kier molecular flexibility index (Phi) is 4.88. The molecule has 0 fully saturated rings. The van der Waals surface area contributed by atoms with Crippen molar-refractivity contribution in [3.8, 4) is 5.75 Å². The lowest BCUT2D eigenvalue weighted by Gasteiger charge is -2.15. The van der Waals surface area contributed by atoms with E-state index >= 15 is 0 Å². The fourth-order valence-corrected chi connectivity index (χ4v) is 2.54. The van der Waals surface area contributed by atoms with E-state index in [1.807, 2.05) is 24.3 Å². The van der Waals surface area contributed by atoms with Gasteiger partial charge < -0.3 is 14.5 Å². The molecule has 0 aliphatic rings. The van der Waals surface area contributed by atoms with Gasteiger partial charge in [-0.05, 0) is 31.2 Å². The third-order valence-corrected chi connectivity index (χ3v) is 3.80. The molecule has 4 nitrogen and oxygen atoms in total. The minimum absolute atomic E-state index is 0.383. The van der Waals surface area contributed by atoms with Crippen molar-refractivity contribution in [2.45, 2.75) is 19.1 Å². The van der Waals surface area contributed by atoms with Crippen molar-refractivity contribution < 1.29 is 27.1 Å². The van der Waals surface area contributed by atoms with Gasteiger partial charge in [0.2, 0.25) is 0 Å². The first-order chi connectivity index (χ1) is 12.3. The van der Waals surface area contributed by atoms with Crippen molar-refractivity contribution in [2.24, 2.45) is 0 Å². The number of carbonyl (C=O) groups excluding carboxylic acids is 1. The fraction of sp³-hybridized carbons (Fsp3) is 0.211. The van der Waals surface area contributed by atoms with Gasteiger partial charge >= 0.3 is 6.18 Å². The smallest absolute Gasteiger partial charge is 0.419 e. The van der Waals surface area contributed by atoms with Crippen molar-refractivity contribution in [1.29, 1.82) is 0 Å². The minimum atomic E-state index is -4.55. The van der Waals surface area contributed by atoms with Crippen LogP contribution in [0.2, 0.25) is 0 Å². The Morgan fingerprint density at radius 2 is 1.85 bits per heavy atom. The van der Waals surface area contributed by atoms with Crippen LogP contribution in [0.3, 0.4) is 0 Å². The number of halogens is 3. The lowest BCUT2D eigenvalue weighted by molar-refractivity contribution is -0.139. The molecule has 1 heterocycles. The molecule has 3 aromatic rings. The minimum Gasteiger partial charge on any atom is -0.483 e. The van der Waals surface area contributed by atoms with Gasteiger partial charge in [-0.2, -0.15) is 13.2 Å². The first-order valence-corrected chi connectivity index (χ1v) is 7.91. The van der Waals surface area contributed by atoms with Crippen LogP contribution >= 0.6 is 0 Å². The molecule has 2 aromatic carbocycles. The molecule has 0 radical (unpaired) electrons. The molecule has 7 heteroatoms. The summed E-state index contributed by atoms with van der Waals surface area (Å²) in [5, 5.41) is 3.55. The van der Waals surface area contributed by atoms with Gasteiger partial charge in [-0.25, -0.2) is 0 Å². The summed E-state index contributed by atoms with van der Waals surface area (Å²) < 4.78 is 49.4. The average Bonchev–Trinajstić information content (AvgIpc) is 3.04. The van der Waals surface area contributed by atoms with Gasteiger partial charge in [-0.15, -0.1) is 0 Å². The highest BCUT2D eigenvalue weighted by Crippen LogP contribution is 2.35. The van der Waals surface area contributed by atoms with E-state index in [-0.39, 0.29) is 5.75 Å². The van der Waals surface area contributed by atoms with E-state index in [0.717, 1.165) is 11.5 Å². The largest absolute Gasteiger partial charge is 0.483 e. The molecule has 0 saturated carbocycles. The maximum absolute atomic E-state index is 12.9. The number of hydrogen-bond donors (Lipinski definition) is 1. The Morgan fingerprint density at radius 3 is 2.58 bits per heavy atom. The molecule has 1 atom stereocenters. The summed E-state index contributed by atoms with van der Waals surface area (Å²) >= 11 is 0. The highest BCUT2D eigenvalue weighted by Gasteiger charge is 2.34. The van der Waals surface area contributed by atoms with Crippen LogP contribution in [0, 0.1) is 0 Å². The molecule has 0 saturated heterocycles. The van der Waals surface area contributed by atoms with Gasteiger partial charge in [0.15, 0.2) is 6.61 Å². The Morgan fingerprint density at radius 1 is 1.15 bits per heavy atom. The van der Waals surface area contributed by atoms with Crippen LogP contribution in [-0.2, 0) is 11.0 Å². The molecule has 0 spiro atoms. The predicted molar refractivity (Wildman–Crippen MR) is 89.7 cm³/mol. The standard InChI is InChI=1S/C19H16F3NO3/c1-12(17-10-13-6-2-4-8-15(13)26-17)23-18(24)11-25-16-9-5-3-7-14(16)19(20,21)22/h2-10,12H,11H2,1H3,(H,23,24). The second kappa shape index (κ2) is 7.11. The third-order valence-electron chi connectivity index (χ3n) is 3.80. The summed E-state index contributed by atoms with van der Waals surface area (Å²) in [5.74, 6) is -0.378. The van der Waals surface area contributed by atoms with E-state index in [9.17, 15) is 18.0 Å². The molecule has 0 bridgehead atoms. The Balaban J connectivity index is 1.62. The summed E-state index contributed by atoms with van der Waals surface area (Å²) in [6, 6.07) is 13.5. The van der Waals surface area contributed by atoms with Crippen LogP contribution in [0.15, 0.2) is 59.0 Å². The van der Waals surface area contributed by atoms with Gasteiger partial charge in [0.25, 0.3) is 5.91 Å². The maximum Gasteiger partial charge on any atom is 0.419 e. The molecular formula is C19H16F3NO3. The normalized spacial score (nSPS) is 12.8. The second-order valence-corrected chi connectivity index (χ2v) is 5.76. The number of hydrogen-bond acceptors (Lipinski definition) is 3. The topological polar surface area (TPSA) is 51.5 Å². The van der Waals surface area contributed by atoms with Crippen molar-refractivity contribution in [2.75, 3.05) is 6.61 Å². The van der Waals surface area contributed by atoms with Gasteiger partial charge in [0.1, 0.15) is 17.1 Å². The molecule has 136 valence electrons. The van der Waals surface area contributed by atoms with Gasteiger partial charge in [0, 0.05) is 5.39 Å². The van der Waals surface area contributed by atoms with Crippen molar-refractivity contribution >= 4 is 16.9 Å². The average molecular weight is 363 g/mol. The number of para-hydroxylation sites is 2. The van der Waals surface area contributed by atoms with E-state index in [0.29, 0.717) is 11.3 Å². The predicted octanol–water partition coefficient (Wildman–Crippen LogP) is 4.71. The zero-order valence-electron chi connectivity index (χ0n) is 13.8. The molecule has 26 heavy (non-hydrogen) atoms. The first-order valence-electron chi connectivity index (χ1n) is 7.91. The number of nitrogens with one attached hydrogen (secondary N) is 1. The summed E-state index contributed by atoms with van der Waals surface area (Å²) in [6.45, 7) is 1.19. The zero-order valence-corrected chi connectivity index (χ0v) is 13.8. The zero-order chi connectivity index (χ0) is 18.7. The first kappa shape index (κ1) is 17.8. The highest BCUT2D eigenvalue weighted by atomic mass is 19.4. The van der Waals surface area contributed by atoms with Crippen molar-refractivity contribution in [3.05, 3.63) is 65.9 Å². The van der Waals surface area contributed by atoms with E-state index in [4.69, 9.17) is 9.15 Å². The number of furan rings is 1. The number of benzene rings is 2. The molecule has 0 aliphatic carbocycles. The molecule has 1 amide bonds.